The number of amides is 1. The number of likely N-dealkylation sites (N-methyl/N-ethyl adjacent to an activating group) is 1. The van der Waals surface area contributed by atoms with Crippen molar-refractivity contribution in [3.63, 3.8) is 0 Å². The predicted molar refractivity (Wildman–Crippen MR) is 63.6 cm³/mol. The first-order valence-electron chi connectivity index (χ1n) is 5.37. The monoisotopic (exact) mass is 255 g/mol. The third kappa shape index (κ3) is 3.36. The van der Waals surface area contributed by atoms with Gasteiger partial charge in [0.15, 0.2) is 0 Å². The Balaban J connectivity index is 1.93. The number of carbonyl (C=O) groups excluding carboxylic acids is 1. The van der Waals surface area contributed by atoms with E-state index in [0.717, 1.165) is 26.2 Å². The summed E-state index contributed by atoms with van der Waals surface area (Å²) in [5, 5.41) is 2.10. The second-order valence-corrected chi connectivity index (χ2v) is 4.35. The molecule has 6 nitrogen and oxygen atoms in total. The van der Waals surface area contributed by atoms with Gasteiger partial charge in [-0.05, 0) is 7.05 Å². The summed E-state index contributed by atoms with van der Waals surface area (Å²) in [4.78, 5) is 21.8. The summed E-state index contributed by atoms with van der Waals surface area (Å²) in [7, 11) is 2.06. The molecule has 92 valence electrons. The Labute approximate surface area is 105 Å². The lowest BCUT2D eigenvalue weighted by Crippen LogP contribution is -2.52. The first-order chi connectivity index (χ1) is 8.15. The van der Waals surface area contributed by atoms with Gasteiger partial charge in [-0.15, -0.1) is 0 Å². The molecule has 0 aromatic carbocycles. The zero-order valence-corrected chi connectivity index (χ0v) is 10.3. The second kappa shape index (κ2) is 5.39. The van der Waals surface area contributed by atoms with Crippen LogP contribution in [0.3, 0.4) is 0 Å². The molecule has 1 saturated heterocycles. The Hall–Kier alpha value is -1.24. The third-order valence-corrected chi connectivity index (χ3v) is 2.78. The molecule has 0 spiro atoms. The van der Waals surface area contributed by atoms with E-state index in [9.17, 15) is 4.79 Å². The van der Waals surface area contributed by atoms with Crippen molar-refractivity contribution in [2.45, 2.75) is 0 Å². The molecule has 0 aliphatic carbocycles. The first kappa shape index (κ1) is 12.2. The van der Waals surface area contributed by atoms with Crippen LogP contribution in [0, 0.1) is 0 Å². The van der Waals surface area contributed by atoms with E-state index in [-0.39, 0.29) is 16.8 Å². The molecule has 0 atom stereocenters. The number of piperazine rings is 1. The van der Waals surface area contributed by atoms with Gasteiger partial charge in [0.05, 0.1) is 12.4 Å². The van der Waals surface area contributed by atoms with Crippen molar-refractivity contribution in [1.29, 1.82) is 0 Å². The van der Waals surface area contributed by atoms with Crippen molar-refractivity contribution < 1.29 is 4.79 Å². The summed E-state index contributed by atoms with van der Waals surface area (Å²) in [5.41, 5.74) is 3.02. The van der Waals surface area contributed by atoms with Gasteiger partial charge < -0.3 is 4.90 Å². The van der Waals surface area contributed by atoms with E-state index in [1.54, 1.807) is 0 Å². The number of nitrogens with one attached hydrogen (secondary N) is 1. The molecule has 1 aromatic heterocycles. The van der Waals surface area contributed by atoms with Crippen molar-refractivity contribution in [2.24, 2.45) is 0 Å². The van der Waals surface area contributed by atoms with Crippen LogP contribution < -0.4 is 5.43 Å². The van der Waals surface area contributed by atoms with E-state index >= 15 is 0 Å². The van der Waals surface area contributed by atoms with Crippen LogP contribution in [0.25, 0.3) is 0 Å². The minimum Gasteiger partial charge on any atom is -0.304 e. The summed E-state index contributed by atoms with van der Waals surface area (Å²) >= 11 is 5.68. The van der Waals surface area contributed by atoms with Gasteiger partial charge in [0.25, 0.3) is 5.91 Å². The van der Waals surface area contributed by atoms with Crippen LogP contribution in [0.2, 0.25) is 5.15 Å². The number of nitrogens with zero attached hydrogens (tertiary/aromatic N) is 4. The summed E-state index contributed by atoms with van der Waals surface area (Å²) < 4.78 is 0. The fraction of sp³-hybridized carbons (Fsp3) is 0.500. The smallest absolute Gasteiger partial charge is 0.285 e. The van der Waals surface area contributed by atoms with Crippen molar-refractivity contribution in [3.05, 3.63) is 23.2 Å². The fourth-order valence-electron chi connectivity index (χ4n) is 1.57. The van der Waals surface area contributed by atoms with Gasteiger partial charge in [-0.25, -0.2) is 9.99 Å². The van der Waals surface area contributed by atoms with E-state index in [2.05, 4.69) is 27.3 Å². The molecule has 1 amide bonds. The Morgan fingerprint density at radius 2 is 2.06 bits per heavy atom. The summed E-state index contributed by atoms with van der Waals surface area (Å²) in [6.07, 6.45) is 2.80. The molecular formula is C10H14ClN5O. The first-order valence-corrected chi connectivity index (χ1v) is 5.75. The van der Waals surface area contributed by atoms with Gasteiger partial charge >= 0.3 is 0 Å². The molecule has 1 aliphatic rings. The molecule has 1 N–H and O–H groups in total. The molecule has 1 fully saturated rings. The molecule has 2 rings (SSSR count). The lowest BCUT2D eigenvalue weighted by atomic mass is 10.4. The lowest BCUT2D eigenvalue weighted by molar-refractivity contribution is 0.0657. The predicted octanol–water partition coefficient (Wildman–Crippen LogP) is 0.0222. The van der Waals surface area contributed by atoms with Crippen LogP contribution >= 0.6 is 11.6 Å². The van der Waals surface area contributed by atoms with Gasteiger partial charge in [0.1, 0.15) is 10.8 Å². The Kier molecular flexibility index (Phi) is 3.88. The van der Waals surface area contributed by atoms with E-state index < -0.39 is 0 Å². The summed E-state index contributed by atoms with van der Waals surface area (Å²) in [6, 6.07) is 0. The highest BCUT2D eigenvalue weighted by molar-refractivity contribution is 6.29. The Bertz CT molecular complexity index is 405. The van der Waals surface area contributed by atoms with E-state index in [4.69, 9.17) is 11.6 Å². The molecular weight excluding hydrogens is 242 g/mol. The van der Waals surface area contributed by atoms with Crippen molar-refractivity contribution in [3.8, 4) is 0 Å². The minimum atomic E-state index is -0.274. The SMILES string of the molecule is CN1CCN(NC(=O)c2cncc(Cl)n2)CC1. The number of halogens is 1. The normalized spacial score (nSPS) is 18.0. The minimum absolute atomic E-state index is 0.219. The van der Waals surface area contributed by atoms with Crippen LogP contribution in [0.4, 0.5) is 0 Å². The van der Waals surface area contributed by atoms with Crippen molar-refractivity contribution in [1.82, 2.24) is 25.3 Å². The molecule has 0 radical (unpaired) electrons. The molecule has 1 aliphatic heterocycles. The number of hydrazine groups is 1. The number of carbonyl (C=O) groups is 1. The largest absolute Gasteiger partial charge is 0.304 e. The van der Waals surface area contributed by atoms with Crippen LogP contribution in [0.5, 0.6) is 0 Å². The topological polar surface area (TPSA) is 61.4 Å². The average molecular weight is 256 g/mol. The van der Waals surface area contributed by atoms with Crippen LogP contribution in [-0.4, -0.2) is 59.0 Å². The van der Waals surface area contributed by atoms with E-state index in [0.29, 0.717) is 0 Å². The fourth-order valence-corrected chi connectivity index (χ4v) is 1.72. The molecule has 17 heavy (non-hydrogen) atoms. The summed E-state index contributed by atoms with van der Waals surface area (Å²) in [5.74, 6) is -0.274. The second-order valence-electron chi connectivity index (χ2n) is 3.96. The van der Waals surface area contributed by atoms with Crippen LogP contribution in [0.1, 0.15) is 10.5 Å². The Morgan fingerprint density at radius 3 is 2.71 bits per heavy atom. The maximum absolute atomic E-state index is 11.8. The molecule has 2 heterocycles. The van der Waals surface area contributed by atoms with Crippen LogP contribution in [-0.2, 0) is 0 Å². The highest BCUT2D eigenvalue weighted by Gasteiger charge is 2.17. The molecule has 0 unspecified atom stereocenters. The van der Waals surface area contributed by atoms with Gasteiger partial charge in [0, 0.05) is 26.2 Å². The van der Waals surface area contributed by atoms with Gasteiger partial charge in [-0.3, -0.25) is 15.2 Å². The highest BCUT2D eigenvalue weighted by Crippen LogP contribution is 2.03. The quantitative estimate of drug-likeness (QED) is 0.808. The highest BCUT2D eigenvalue weighted by atomic mass is 35.5. The molecule has 1 aromatic rings. The van der Waals surface area contributed by atoms with Gasteiger partial charge in [-0.2, -0.15) is 0 Å². The number of aromatic nitrogens is 2. The number of hydrogen-bond donors (Lipinski definition) is 1. The summed E-state index contributed by atoms with van der Waals surface area (Å²) in [6.45, 7) is 3.47. The zero-order chi connectivity index (χ0) is 12.3. The number of hydrogen-bond acceptors (Lipinski definition) is 5. The van der Waals surface area contributed by atoms with E-state index in [1.807, 2.05) is 5.01 Å². The molecule has 7 heteroatoms. The lowest BCUT2D eigenvalue weighted by Gasteiger charge is -2.32. The standard InChI is InChI=1S/C10H14ClN5O/c1-15-2-4-16(5-3-15)14-10(17)8-6-12-7-9(11)13-8/h6-7H,2-5H2,1H3,(H,14,17). The molecule has 0 bridgehead atoms. The molecule has 0 saturated carbocycles. The van der Waals surface area contributed by atoms with Crippen molar-refractivity contribution in [2.75, 3.05) is 33.2 Å². The van der Waals surface area contributed by atoms with Crippen LogP contribution in [0.15, 0.2) is 12.4 Å². The van der Waals surface area contributed by atoms with Gasteiger partial charge in [-0.1, -0.05) is 11.6 Å². The average Bonchev–Trinajstić information content (AvgIpc) is 2.32. The Morgan fingerprint density at radius 1 is 1.35 bits per heavy atom. The maximum atomic E-state index is 11.8. The third-order valence-electron chi connectivity index (χ3n) is 2.60. The van der Waals surface area contributed by atoms with E-state index in [1.165, 1.54) is 12.4 Å². The maximum Gasteiger partial charge on any atom is 0.285 e. The van der Waals surface area contributed by atoms with Gasteiger partial charge in [0.2, 0.25) is 0 Å². The van der Waals surface area contributed by atoms with Crippen molar-refractivity contribution >= 4 is 17.5 Å². The number of rotatable bonds is 2. The zero-order valence-electron chi connectivity index (χ0n) is 9.56.